The predicted octanol–water partition coefficient (Wildman–Crippen LogP) is 0.707. The number of hydrogen-bond donors (Lipinski definition) is 1. The highest BCUT2D eigenvalue weighted by Crippen LogP contribution is 2.32. The van der Waals surface area contributed by atoms with Crippen LogP contribution in [0.15, 0.2) is 12.3 Å². The van der Waals surface area contributed by atoms with E-state index in [2.05, 4.69) is 14.7 Å². The lowest BCUT2D eigenvalue weighted by Gasteiger charge is -2.32. The number of esters is 1. The Balaban J connectivity index is 2.36. The summed E-state index contributed by atoms with van der Waals surface area (Å²) in [5.41, 5.74) is -0.998. The Morgan fingerprint density at radius 3 is 2.89 bits per heavy atom. The van der Waals surface area contributed by atoms with Gasteiger partial charge in [-0.1, -0.05) is 0 Å². The molecule has 0 amide bonds. The SMILES string of the molecule is COC(=O)c1nccc(N2CCCC2(C)C(=O)O)n1. The fraction of sp³-hybridized carbons (Fsp3) is 0.500. The van der Waals surface area contributed by atoms with Crippen LogP contribution in [0.4, 0.5) is 5.82 Å². The quantitative estimate of drug-likeness (QED) is 0.804. The number of hydrogen-bond acceptors (Lipinski definition) is 6. The van der Waals surface area contributed by atoms with Crippen molar-refractivity contribution in [1.29, 1.82) is 0 Å². The smallest absolute Gasteiger partial charge is 0.376 e. The normalized spacial score (nSPS) is 22.3. The summed E-state index contributed by atoms with van der Waals surface area (Å²) in [6.45, 7) is 2.24. The van der Waals surface area contributed by atoms with Crippen LogP contribution >= 0.6 is 0 Å². The maximum absolute atomic E-state index is 11.4. The summed E-state index contributed by atoms with van der Waals surface area (Å²) < 4.78 is 4.55. The van der Waals surface area contributed by atoms with Crippen LogP contribution in [0.1, 0.15) is 30.4 Å². The van der Waals surface area contributed by atoms with Gasteiger partial charge in [0.25, 0.3) is 0 Å². The van der Waals surface area contributed by atoms with Gasteiger partial charge in [0, 0.05) is 12.7 Å². The molecule has 1 aliphatic rings. The molecule has 7 nitrogen and oxygen atoms in total. The maximum atomic E-state index is 11.4. The number of aromatic nitrogens is 2. The molecule has 1 aromatic rings. The molecule has 0 aliphatic carbocycles. The van der Waals surface area contributed by atoms with Crippen LogP contribution < -0.4 is 4.90 Å². The number of carbonyl (C=O) groups excluding carboxylic acids is 1. The Labute approximate surface area is 110 Å². The van der Waals surface area contributed by atoms with Crippen molar-refractivity contribution in [1.82, 2.24) is 9.97 Å². The number of nitrogens with zero attached hydrogens (tertiary/aromatic N) is 3. The molecule has 7 heteroatoms. The number of carbonyl (C=O) groups is 2. The molecule has 1 fully saturated rings. The van der Waals surface area contributed by atoms with Gasteiger partial charge in [0.05, 0.1) is 7.11 Å². The molecule has 102 valence electrons. The molecule has 2 heterocycles. The van der Waals surface area contributed by atoms with Crippen LogP contribution in [-0.2, 0) is 9.53 Å². The highest BCUT2D eigenvalue weighted by Gasteiger charge is 2.44. The monoisotopic (exact) mass is 265 g/mol. The Morgan fingerprint density at radius 2 is 2.26 bits per heavy atom. The summed E-state index contributed by atoms with van der Waals surface area (Å²) in [5, 5.41) is 9.35. The van der Waals surface area contributed by atoms with E-state index in [0.717, 1.165) is 6.42 Å². The number of carboxylic acid groups (broad SMARTS) is 1. The fourth-order valence-electron chi connectivity index (χ4n) is 2.24. The van der Waals surface area contributed by atoms with Crippen molar-refractivity contribution in [2.45, 2.75) is 25.3 Å². The third-order valence-electron chi connectivity index (χ3n) is 3.39. The van der Waals surface area contributed by atoms with Gasteiger partial charge in [-0.15, -0.1) is 0 Å². The van der Waals surface area contributed by atoms with Gasteiger partial charge in [-0.2, -0.15) is 0 Å². The third-order valence-corrected chi connectivity index (χ3v) is 3.39. The van der Waals surface area contributed by atoms with Crippen molar-refractivity contribution in [3.63, 3.8) is 0 Å². The van der Waals surface area contributed by atoms with Gasteiger partial charge < -0.3 is 14.7 Å². The number of carboxylic acids is 1. The van der Waals surface area contributed by atoms with Crippen molar-refractivity contribution in [2.75, 3.05) is 18.6 Å². The van der Waals surface area contributed by atoms with Crippen molar-refractivity contribution in [2.24, 2.45) is 0 Å². The minimum Gasteiger partial charge on any atom is -0.480 e. The first kappa shape index (κ1) is 13.3. The molecule has 0 saturated carbocycles. The Morgan fingerprint density at radius 1 is 1.53 bits per heavy atom. The third kappa shape index (κ3) is 2.23. The van der Waals surface area contributed by atoms with Crippen molar-refractivity contribution in [3.05, 3.63) is 18.1 Å². The lowest BCUT2D eigenvalue weighted by Crippen LogP contribution is -2.48. The number of anilines is 1. The molecule has 1 atom stereocenters. The number of rotatable bonds is 3. The van der Waals surface area contributed by atoms with Crippen molar-refractivity contribution >= 4 is 17.8 Å². The highest BCUT2D eigenvalue weighted by molar-refractivity contribution is 5.86. The number of ether oxygens (including phenoxy) is 1. The van der Waals surface area contributed by atoms with Crippen LogP contribution in [0.25, 0.3) is 0 Å². The molecule has 0 aromatic carbocycles. The van der Waals surface area contributed by atoms with Crippen LogP contribution in [0, 0.1) is 0 Å². The first-order chi connectivity index (χ1) is 8.99. The second-order valence-electron chi connectivity index (χ2n) is 4.56. The van der Waals surface area contributed by atoms with Gasteiger partial charge in [0.2, 0.25) is 5.82 Å². The van der Waals surface area contributed by atoms with Crippen LogP contribution in [0.3, 0.4) is 0 Å². The van der Waals surface area contributed by atoms with E-state index in [1.807, 2.05) is 0 Å². The average molecular weight is 265 g/mol. The number of methoxy groups -OCH3 is 1. The van der Waals surface area contributed by atoms with Gasteiger partial charge in [-0.25, -0.2) is 19.6 Å². The van der Waals surface area contributed by atoms with Crippen LogP contribution in [0.2, 0.25) is 0 Å². The predicted molar refractivity (Wildman–Crippen MR) is 66.0 cm³/mol. The molecule has 0 bridgehead atoms. The minimum absolute atomic E-state index is 0.0698. The first-order valence-corrected chi connectivity index (χ1v) is 5.91. The van der Waals surface area contributed by atoms with Gasteiger partial charge in [-0.05, 0) is 25.8 Å². The topological polar surface area (TPSA) is 92.6 Å². The zero-order valence-electron chi connectivity index (χ0n) is 10.8. The van der Waals surface area contributed by atoms with E-state index in [4.69, 9.17) is 0 Å². The lowest BCUT2D eigenvalue weighted by molar-refractivity contribution is -0.142. The molecule has 2 rings (SSSR count). The molecule has 1 aromatic heterocycles. The molecule has 1 aliphatic heterocycles. The molecule has 19 heavy (non-hydrogen) atoms. The van der Waals surface area contributed by atoms with E-state index in [9.17, 15) is 14.7 Å². The summed E-state index contributed by atoms with van der Waals surface area (Å²) in [7, 11) is 1.25. The largest absolute Gasteiger partial charge is 0.480 e. The first-order valence-electron chi connectivity index (χ1n) is 5.91. The van der Waals surface area contributed by atoms with E-state index in [0.29, 0.717) is 18.8 Å². The standard InChI is InChI=1S/C12H15N3O4/c1-12(11(17)18)5-3-7-15(12)8-4-6-13-9(14-8)10(16)19-2/h4,6H,3,5,7H2,1-2H3,(H,17,18). The molecule has 1 N–H and O–H groups in total. The molecular formula is C12H15N3O4. The van der Waals surface area contributed by atoms with E-state index in [-0.39, 0.29) is 5.82 Å². The van der Waals surface area contributed by atoms with Crippen molar-refractivity contribution < 1.29 is 19.4 Å². The summed E-state index contributed by atoms with van der Waals surface area (Å²) in [4.78, 5) is 32.4. The summed E-state index contributed by atoms with van der Waals surface area (Å²) in [6, 6.07) is 1.60. The van der Waals surface area contributed by atoms with Crippen LogP contribution in [-0.4, -0.2) is 46.2 Å². The second-order valence-corrected chi connectivity index (χ2v) is 4.56. The number of aliphatic carboxylic acids is 1. The van der Waals surface area contributed by atoms with Gasteiger partial charge in [-0.3, -0.25) is 0 Å². The average Bonchev–Trinajstić information content (AvgIpc) is 2.81. The molecule has 1 saturated heterocycles. The summed E-state index contributed by atoms with van der Waals surface area (Å²) >= 11 is 0. The molecule has 0 spiro atoms. The Bertz CT molecular complexity index is 519. The van der Waals surface area contributed by atoms with Gasteiger partial charge in [0.15, 0.2) is 0 Å². The zero-order chi connectivity index (χ0) is 14.0. The maximum Gasteiger partial charge on any atom is 0.376 e. The van der Waals surface area contributed by atoms with E-state index >= 15 is 0 Å². The van der Waals surface area contributed by atoms with Gasteiger partial charge in [0.1, 0.15) is 11.4 Å². The van der Waals surface area contributed by atoms with Crippen LogP contribution in [0.5, 0.6) is 0 Å². The Hall–Kier alpha value is -2.18. The van der Waals surface area contributed by atoms with Gasteiger partial charge >= 0.3 is 11.9 Å². The second kappa shape index (κ2) is 4.83. The lowest BCUT2D eigenvalue weighted by atomic mass is 9.99. The molecule has 1 unspecified atom stereocenters. The molecule has 0 radical (unpaired) electrons. The Kier molecular flexibility index (Phi) is 3.37. The summed E-state index contributed by atoms with van der Waals surface area (Å²) in [5.74, 6) is -1.18. The van der Waals surface area contributed by atoms with Crippen molar-refractivity contribution in [3.8, 4) is 0 Å². The zero-order valence-corrected chi connectivity index (χ0v) is 10.8. The fourth-order valence-corrected chi connectivity index (χ4v) is 2.24. The highest BCUT2D eigenvalue weighted by atomic mass is 16.5. The molecular weight excluding hydrogens is 250 g/mol. The minimum atomic E-state index is -0.998. The van der Waals surface area contributed by atoms with E-state index in [1.54, 1.807) is 17.9 Å². The van der Waals surface area contributed by atoms with E-state index < -0.39 is 17.5 Å². The van der Waals surface area contributed by atoms with E-state index in [1.165, 1.54) is 13.3 Å². The summed E-state index contributed by atoms with van der Waals surface area (Å²) in [6.07, 6.45) is 2.73.